The van der Waals surface area contributed by atoms with Crippen LogP contribution in [-0.2, 0) is 4.79 Å². The van der Waals surface area contributed by atoms with Gasteiger partial charge in [0.2, 0.25) is 5.91 Å². The molecule has 1 heterocycles. The van der Waals surface area contributed by atoms with E-state index in [-0.39, 0.29) is 22.0 Å². The number of benzene rings is 1. The molecule has 0 aromatic heterocycles. The zero-order valence-corrected chi connectivity index (χ0v) is 11.1. The van der Waals surface area contributed by atoms with Crippen LogP contribution in [0.3, 0.4) is 0 Å². The number of halogens is 3. The lowest BCUT2D eigenvalue weighted by atomic mass is 10.0. The molecular weight excluding hydrogens is 278 g/mol. The quantitative estimate of drug-likeness (QED) is 0.821. The van der Waals surface area contributed by atoms with Crippen LogP contribution in [0.1, 0.15) is 19.3 Å². The number of hydrogen-bond donors (Lipinski definition) is 2. The van der Waals surface area contributed by atoms with E-state index in [4.69, 9.17) is 23.2 Å². The summed E-state index contributed by atoms with van der Waals surface area (Å²) in [7, 11) is 0. The molecule has 0 aliphatic carbocycles. The van der Waals surface area contributed by atoms with Crippen molar-refractivity contribution in [2.24, 2.45) is 0 Å². The van der Waals surface area contributed by atoms with E-state index >= 15 is 0 Å². The largest absolute Gasteiger partial charge is 0.325 e. The Morgan fingerprint density at radius 3 is 2.56 bits per heavy atom. The number of anilines is 1. The summed E-state index contributed by atoms with van der Waals surface area (Å²) in [5.74, 6) is -0.819. The molecule has 0 radical (unpaired) electrons. The SMILES string of the molecule is O=C(Nc1cc(Cl)c(F)c(Cl)c1)[C@H]1CCCCN1. The fourth-order valence-electron chi connectivity index (χ4n) is 1.93. The monoisotopic (exact) mass is 290 g/mol. The molecule has 1 amide bonds. The van der Waals surface area contributed by atoms with Gasteiger partial charge in [0.05, 0.1) is 16.1 Å². The van der Waals surface area contributed by atoms with Crippen molar-refractivity contribution in [1.82, 2.24) is 5.32 Å². The Bertz CT molecular complexity index is 438. The van der Waals surface area contributed by atoms with E-state index < -0.39 is 5.82 Å². The fourth-order valence-corrected chi connectivity index (χ4v) is 2.42. The number of nitrogens with one attached hydrogen (secondary N) is 2. The molecule has 1 atom stereocenters. The first-order valence-corrected chi connectivity index (χ1v) is 6.52. The molecule has 3 nitrogen and oxygen atoms in total. The van der Waals surface area contributed by atoms with E-state index in [0.717, 1.165) is 25.8 Å². The van der Waals surface area contributed by atoms with E-state index in [1.807, 2.05) is 0 Å². The van der Waals surface area contributed by atoms with Crippen molar-refractivity contribution in [1.29, 1.82) is 0 Å². The fraction of sp³-hybridized carbons (Fsp3) is 0.417. The number of amides is 1. The molecule has 0 spiro atoms. The van der Waals surface area contributed by atoms with Crippen molar-refractivity contribution in [3.63, 3.8) is 0 Å². The van der Waals surface area contributed by atoms with Gasteiger partial charge in [0, 0.05) is 5.69 Å². The molecule has 1 aliphatic rings. The van der Waals surface area contributed by atoms with Crippen LogP contribution >= 0.6 is 23.2 Å². The summed E-state index contributed by atoms with van der Waals surface area (Å²) in [6.45, 7) is 0.836. The van der Waals surface area contributed by atoms with Crippen LogP contribution in [0.4, 0.5) is 10.1 Å². The maximum atomic E-state index is 13.2. The highest BCUT2D eigenvalue weighted by Gasteiger charge is 2.21. The third-order valence-electron chi connectivity index (χ3n) is 2.88. The number of piperidine rings is 1. The van der Waals surface area contributed by atoms with Crippen LogP contribution in [0.25, 0.3) is 0 Å². The third-order valence-corrected chi connectivity index (χ3v) is 3.43. The third kappa shape index (κ3) is 3.13. The number of rotatable bonds is 2. The van der Waals surface area contributed by atoms with Gasteiger partial charge in [-0.15, -0.1) is 0 Å². The Kier molecular flexibility index (Phi) is 4.43. The molecule has 2 rings (SSSR count). The van der Waals surface area contributed by atoms with Crippen molar-refractivity contribution in [2.45, 2.75) is 25.3 Å². The first kappa shape index (κ1) is 13.6. The van der Waals surface area contributed by atoms with Crippen LogP contribution < -0.4 is 10.6 Å². The maximum absolute atomic E-state index is 13.2. The van der Waals surface area contributed by atoms with E-state index in [0.29, 0.717) is 5.69 Å². The zero-order chi connectivity index (χ0) is 13.1. The molecule has 6 heteroatoms. The van der Waals surface area contributed by atoms with Crippen molar-refractivity contribution in [3.05, 3.63) is 28.0 Å². The number of hydrogen-bond acceptors (Lipinski definition) is 2. The summed E-state index contributed by atoms with van der Waals surface area (Å²) >= 11 is 11.3. The Morgan fingerprint density at radius 1 is 1.33 bits per heavy atom. The first-order valence-electron chi connectivity index (χ1n) is 5.76. The average molecular weight is 291 g/mol. The van der Waals surface area contributed by atoms with Gasteiger partial charge in [-0.25, -0.2) is 4.39 Å². The van der Waals surface area contributed by atoms with Crippen LogP contribution in [0.15, 0.2) is 12.1 Å². The molecule has 1 aliphatic heterocycles. The second-order valence-electron chi connectivity index (χ2n) is 4.25. The second-order valence-corrected chi connectivity index (χ2v) is 5.06. The summed E-state index contributed by atoms with van der Waals surface area (Å²) < 4.78 is 13.2. The van der Waals surface area contributed by atoms with E-state index in [9.17, 15) is 9.18 Å². The average Bonchev–Trinajstić information content (AvgIpc) is 2.37. The lowest BCUT2D eigenvalue weighted by Crippen LogP contribution is -2.43. The molecule has 1 aromatic rings. The van der Waals surface area contributed by atoms with Crippen molar-refractivity contribution < 1.29 is 9.18 Å². The van der Waals surface area contributed by atoms with Gasteiger partial charge in [0.15, 0.2) is 5.82 Å². The predicted octanol–water partition coefficient (Wildman–Crippen LogP) is 3.21. The van der Waals surface area contributed by atoms with Gasteiger partial charge in [0.25, 0.3) is 0 Å². The molecular formula is C12H13Cl2FN2O. The van der Waals surface area contributed by atoms with Crippen molar-refractivity contribution in [3.8, 4) is 0 Å². The Balaban J connectivity index is 2.06. The molecule has 0 unspecified atom stereocenters. The van der Waals surface area contributed by atoms with Crippen molar-refractivity contribution >= 4 is 34.8 Å². The Morgan fingerprint density at radius 2 is 2.00 bits per heavy atom. The van der Waals surface area contributed by atoms with Gasteiger partial charge in [-0.1, -0.05) is 29.6 Å². The summed E-state index contributed by atoms with van der Waals surface area (Å²) in [6, 6.07) is 2.49. The normalized spacial score (nSPS) is 19.6. The minimum atomic E-state index is -0.674. The first-order chi connectivity index (χ1) is 8.58. The van der Waals surface area contributed by atoms with E-state index in [1.54, 1.807) is 0 Å². The minimum Gasteiger partial charge on any atom is -0.325 e. The highest BCUT2D eigenvalue weighted by Crippen LogP contribution is 2.27. The topological polar surface area (TPSA) is 41.1 Å². The van der Waals surface area contributed by atoms with Gasteiger partial charge in [-0.2, -0.15) is 0 Å². The second kappa shape index (κ2) is 5.87. The summed E-state index contributed by atoms with van der Waals surface area (Å²) in [5.41, 5.74) is 0.406. The molecule has 1 saturated heterocycles. The minimum absolute atomic E-state index is 0.102. The van der Waals surface area contributed by atoms with E-state index in [1.165, 1.54) is 12.1 Å². The summed E-state index contributed by atoms with van der Waals surface area (Å²) in [6.07, 6.45) is 2.91. The van der Waals surface area contributed by atoms with Gasteiger partial charge in [-0.05, 0) is 31.5 Å². The highest BCUT2D eigenvalue weighted by molar-refractivity contribution is 6.35. The molecule has 0 bridgehead atoms. The lowest BCUT2D eigenvalue weighted by Gasteiger charge is -2.22. The standard InChI is InChI=1S/C12H13Cl2FN2O/c13-8-5-7(6-9(14)11(8)15)17-12(18)10-3-1-2-4-16-10/h5-6,10,16H,1-4H2,(H,17,18)/t10-/m1/s1. The molecule has 0 saturated carbocycles. The van der Waals surface area contributed by atoms with Gasteiger partial charge < -0.3 is 10.6 Å². The van der Waals surface area contributed by atoms with Crippen LogP contribution in [0.5, 0.6) is 0 Å². The van der Waals surface area contributed by atoms with Crippen LogP contribution in [0.2, 0.25) is 10.0 Å². The maximum Gasteiger partial charge on any atom is 0.241 e. The molecule has 98 valence electrons. The Labute approximate surface area is 115 Å². The van der Waals surface area contributed by atoms with Crippen LogP contribution in [-0.4, -0.2) is 18.5 Å². The lowest BCUT2D eigenvalue weighted by molar-refractivity contribution is -0.118. The van der Waals surface area contributed by atoms with Gasteiger partial charge in [0.1, 0.15) is 0 Å². The number of carbonyl (C=O) groups is 1. The molecule has 1 aromatic carbocycles. The van der Waals surface area contributed by atoms with E-state index in [2.05, 4.69) is 10.6 Å². The predicted molar refractivity (Wildman–Crippen MR) is 70.7 cm³/mol. The Hall–Kier alpha value is -0.840. The summed E-state index contributed by atoms with van der Waals surface area (Å²) in [4.78, 5) is 11.9. The molecule has 2 N–H and O–H groups in total. The highest BCUT2D eigenvalue weighted by atomic mass is 35.5. The zero-order valence-electron chi connectivity index (χ0n) is 9.60. The number of carbonyl (C=O) groups excluding carboxylic acids is 1. The van der Waals surface area contributed by atoms with Gasteiger partial charge in [-0.3, -0.25) is 4.79 Å². The molecule has 18 heavy (non-hydrogen) atoms. The van der Waals surface area contributed by atoms with Crippen molar-refractivity contribution in [2.75, 3.05) is 11.9 Å². The smallest absolute Gasteiger partial charge is 0.241 e. The van der Waals surface area contributed by atoms with Gasteiger partial charge >= 0.3 is 0 Å². The van der Waals surface area contributed by atoms with Crippen LogP contribution in [0, 0.1) is 5.82 Å². The molecule has 1 fully saturated rings. The summed E-state index contributed by atoms with van der Waals surface area (Å²) in [5, 5.41) is 5.61.